The number of carbonyl (C=O) groups excluding carboxylic acids is 1. The number of nitrogens with zero attached hydrogens (tertiary/aromatic N) is 2. The lowest BCUT2D eigenvalue weighted by Gasteiger charge is -2.26. The third-order valence-corrected chi connectivity index (χ3v) is 8.95. The van der Waals surface area contributed by atoms with Crippen LogP contribution in [0.25, 0.3) is 0 Å². The van der Waals surface area contributed by atoms with Crippen molar-refractivity contribution < 1.29 is 32.2 Å². The molecule has 0 unspecified atom stereocenters. The van der Waals surface area contributed by atoms with Crippen molar-refractivity contribution in [3.05, 3.63) is 42.0 Å². The Hall–Kier alpha value is -2.92. The molecule has 2 aromatic rings. The van der Waals surface area contributed by atoms with Gasteiger partial charge >= 0.3 is 0 Å². The van der Waals surface area contributed by atoms with Gasteiger partial charge in [-0.1, -0.05) is 17.8 Å². The minimum Gasteiger partial charge on any atom is -0.497 e. The molecule has 34 heavy (non-hydrogen) atoms. The number of carbonyl (C=O) groups is 1. The number of ether oxygens (including phenoxy) is 4. The van der Waals surface area contributed by atoms with E-state index in [4.69, 9.17) is 18.9 Å². The first-order valence-corrected chi connectivity index (χ1v) is 13.2. The van der Waals surface area contributed by atoms with E-state index in [1.54, 1.807) is 50.6 Å². The maximum atomic E-state index is 12.9. The fraction of sp³-hybridized carbons (Fsp3) is 0.391. The summed E-state index contributed by atoms with van der Waals surface area (Å²) in [6, 6.07) is 10.2. The molecule has 0 N–H and O–H groups in total. The molecule has 4 rings (SSSR count). The summed E-state index contributed by atoms with van der Waals surface area (Å²) in [6.07, 6.45) is 0.0611. The first-order chi connectivity index (χ1) is 16.3. The van der Waals surface area contributed by atoms with Crippen LogP contribution in [0.4, 0.5) is 5.69 Å². The summed E-state index contributed by atoms with van der Waals surface area (Å²) in [6.45, 7) is 0. The number of sulfone groups is 1. The summed E-state index contributed by atoms with van der Waals surface area (Å²) in [5.74, 6) is 1.89. The van der Waals surface area contributed by atoms with Gasteiger partial charge in [-0.05, 0) is 29.8 Å². The molecule has 2 aliphatic rings. The van der Waals surface area contributed by atoms with Crippen molar-refractivity contribution in [3.8, 4) is 23.0 Å². The Morgan fingerprint density at radius 2 is 1.71 bits per heavy atom. The molecule has 0 spiro atoms. The Kier molecular flexibility index (Phi) is 6.94. The number of amides is 1. The van der Waals surface area contributed by atoms with Crippen LogP contribution < -0.4 is 23.8 Å². The molecule has 0 bridgehead atoms. The van der Waals surface area contributed by atoms with Gasteiger partial charge in [-0.3, -0.25) is 4.79 Å². The number of fused-ring (bicyclic) bond motifs is 1. The molecule has 0 radical (unpaired) electrons. The molecule has 2 aromatic carbocycles. The fourth-order valence-electron chi connectivity index (χ4n) is 4.14. The van der Waals surface area contributed by atoms with E-state index in [0.717, 1.165) is 5.56 Å². The predicted molar refractivity (Wildman–Crippen MR) is 132 cm³/mol. The summed E-state index contributed by atoms with van der Waals surface area (Å²) in [5, 5.41) is 0.239. The van der Waals surface area contributed by atoms with Crippen LogP contribution in [0.1, 0.15) is 5.56 Å². The lowest BCUT2D eigenvalue weighted by Crippen LogP contribution is -2.38. The Morgan fingerprint density at radius 1 is 0.971 bits per heavy atom. The largest absolute Gasteiger partial charge is 0.497 e. The van der Waals surface area contributed by atoms with Crippen molar-refractivity contribution in [1.29, 1.82) is 0 Å². The van der Waals surface area contributed by atoms with Crippen LogP contribution in [0.2, 0.25) is 0 Å². The van der Waals surface area contributed by atoms with Crippen molar-refractivity contribution in [2.24, 2.45) is 4.99 Å². The van der Waals surface area contributed by atoms with Crippen LogP contribution in [0, 0.1) is 0 Å². The number of rotatable bonds is 7. The predicted octanol–water partition coefficient (Wildman–Crippen LogP) is 2.57. The van der Waals surface area contributed by atoms with E-state index in [2.05, 4.69) is 4.99 Å². The van der Waals surface area contributed by atoms with Crippen molar-refractivity contribution in [2.45, 2.75) is 17.7 Å². The summed E-state index contributed by atoms with van der Waals surface area (Å²) < 4.78 is 46.1. The third-order valence-electron chi connectivity index (χ3n) is 5.74. The van der Waals surface area contributed by atoms with Gasteiger partial charge in [0.1, 0.15) is 11.5 Å². The highest BCUT2D eigenvalue weighted by atomic mass is 32.2. The highest BCUT2D eigenvalue weighted by molar-refractivity contribution is 8.16. The van der Waals surface area contributed by atoms with E-state index in [1.165, 1.54) is 26.0 Å². The number of hydrogen-bond donors (Lipinski definition) is 0. The molecule has 2 atom stereocenters. The third kappa shape index (κ3) is 4.80. The summed E-state index contributed by atoms with van der Waals surface area (Å²) >= 11 is 1.31. The molecule has 11 heteroatoms. The molecule has 2 fully saturated rings. The Balaban J connectivity index is 1.67. The van der Waals surface area contributed by atoms with E-state index in [1.807, 2.05) is 4.90 Å². The number of aliphatic imine (C=N–C) groups is 1. The van der Waals surface area contributed by atoms with Crippen LogP contribution in [0.5, 0.6) is 23.0 Å². The standard InChI is InChI=1S/C23H26N2O7S2/c1-29-15-6-7-16(19(11-15)31-3)25-17-12-34(27,28)13-21(17)33-23(25)24-22(26)10-14-5-8-18(30-2)20(9-14)32-4/h5-9,11,17,21H,10,12-13H2,1-4H3/t17-,21+/m0/s1. The Bertz CT molecular complexity index is 1230. The van der Waals surface area contributed by atoms with Crippen LogP contribution in [-0.2, 0) is 21.1 Å². The van der Waals surface area contributed by atoms with Crippen molar-refractivity contribution in [2.75, 3.05) is 44.8 Å². The Morgan fingerprint density at radius 3 is 2.38 bits per heavy atom. The molecule has 0 saturated carbocycles. The van der Waals surface area contributed by atoms with Gasteiger partial charge in [-0.2, -0.15) is 4.99 Å². The lowest BCUT2D eigenvalue weighted by molar-refractivity contribution is -0.117. The van der Waals surface area contributed by atoms with Gasteiger partial charge in [0, 0.05) is 11.3 Å². The molecule has 182 valence electrons. The van der Waals surface area contributed by atoms with Gasteiger partial charge < -0.3 is 23.8 Å². The van der Waals surface area contributed by atoms with E-state index in [9.17, 15) is 13.2 Å². The number of benzene rings is 2. The van der Waals surface area contributed by atoms with Gasteiger partial charge in [0.05, 0.1) is 58.1 Å². The second kappa shape index (κ2) is 9.75. The maximum absolute atomic E-state index is 12.9. The average Bonchev–Trinajstić information content (AvgIpc) is 3.28. The first-order valence-electron chi connectivity index (χ1n) is 10.5. The molecule has 1 amide bonds. The number of anilines is 1. The molecule has 2 heterocycles. The minimum atomic E-state index is -3.19. The van der Waals surface area contributed by atoms with E-state index < -0.39 is 9.84 Å². The topological polar surface area (TPSA) is 104 Å². The first kappa shape index (κ1) is 24.2. The van der Waals surface area contributed by atoms with E-state index in [-0.39, 0.29) is 35.1 Å². The van der Waals surface area contributed by atoms with Gasteiger partial charge in [0.2, 0.25) is 0 Å². The molecule has 0 aromatic heterocycles. The quantitative estimate of drug-likeness (QED) is 0.560. The Labute approximate surface area is 203 Å². The molecule has 2 aliphatic heterocycles. The van der Waals surface area contributed by atoms with Crippen LogP contribution in [-0.4, -0.2) is 70.7 Å². The molecular formula is C23H26N2O7S2. The van der Waals surface area contributed by atoms with Gasteiger partial charge in [0.25, 0.3) is 5.91 Å². The van der Waals surface area contributed by atoms with Gasteiger partial charge in [0.15, 0.2) is 26.5 Å². The smallest absolute Gasteiger partial charge is 0.252 e. The van der Waals surface area contributed by atoms with E-state index in [0.29, 0.717) is 33.9 Å². The monoisotopic (exact) mass is 506 g/mol. The van der Waals surface area contributed by atoms with Crippen LogP contribution in [0.15, 0.2) is 41.4 Å². The average molecular weight is 507 g/mol. The molecule has 9 nitrogen and oxygen atoms in total. The van der Waals surface area contributed by atoms with Gasteiger partial charge in [-0.15, -0.1) is 0 Å². The van der Waals surface area contributed by atoms with Gasteiger partial charge in [-0.25, -0.2) is 8.42 Å². The zero-order chi connectivity index (χ0) is 24.5. The normalized spacial score (nSPS) is 21.9. The molecule has 2 saturated heterocycles. The number of hydrogen-bond acceptors (Lipinski definition) is 8. The number of thioether (sulfide) groups is 1. The van der Waals surface area contributed by atoms with Crippen molar-refractivity contribution >= 4 is 38.4 Å². The van der Waals surface area contributed by atoms with E-state index >= 15 is 0 Å². The highest BCUT2D eigenvalue weighted by Gasteiger charge is 2.50. The van der Waals surface area contributed by atoms with Crippen LogP contribution >= 0.6 is 11.8 Å². The zero-order valence-corrected chi connectivity index (χ0v) is 20.9. The second-order valence-corrected chi connectivity index (χ2v) is 11.2. The van der Waals surface area contributed by atoms with Crippen molar-refractivity contribution in [1.82, 2.24) is 0 Å². The van der Waals surface area contributed by atoms with Crippen molar-refractivity contribution in [3.63, 3.8) is 0 Å². The molecule has 0 aliphatic carbocycles. The fourth-order valence-corrected chi connectivity index (χ4v) is 8.07. The minimum absolute atomic E-state index is 0.0112. The number of amidine groups is 1. The number of methoxy groups -OCH3 is 4. The highest BCUT2D eigenvalue weighted by Crippen LogP contribution is 2.44. The zero-order valence-electron chi connectivity index (χ0n) is 19.3. The lowest BCUT2D eigenvalue weighted by atomic mass is 10.1. The summed E-state index contributed by atoms with van der Waals surface area (Å²) in [4.78, 5) is 19.1. The molecular weight excluding hydrogens is 480 g/mol. The SMILES string of the molecule is COc1ccc(N2C(=NC(=O)Cc3ccc(OC)c(OC)c3)S[C@@H]3CS(=O)(=O)C[C@@H]32)c(OC)c1. The summed E-state index contributed by atoms with van der Waals surface area (Å²) in [7, 11) is 2.98. The second-order valence-electron chi connectivity index (χ2n) is 7.86. The van der Waals surface area contributed by atoms with Crippen LogP contribution in [0.3, 0.4) is 0 Å². The maximum Gasteiger partial charge on any atom is 0.252 e. The summed E-state index contributed by atoms with van der Waals surface area (Å²) in [5.41, 5.74) is 1.37.